The molecule has 0 saturated carbocycles. The van der Waals surface area contributed by atoms with Gasteiger partial charge in [-0.3, -0.25) is 9.59 Å². The highest BCUT2D eigenvalue weighted by molar-refractivity contribution is 7.17. The van der Waals surface area contributed by atoms with Crippen molar-refractivity contribution < 1.29 is 14.3 Å². The summed E-state index contributed by atoms with van der Waals surface area (Å²) in [5, 5.41) is 9.87. The topological polar surface area (TPSA) is 97.6 Å². The molecular weight excluding hydrogens is 426 g/mol. The number of fused-ring (bicyclic) bond motifs is 1. The molecule has 0 unspecified atom stereocenters. The molecule has 2 amide bonds. The zero-order chi connectivity index (χ0) is 22.7. The Kier molecular flexibility index (Phi) is 6.18. The van der Waals surface area contributed by atoms with E-state index in [0.717, 1.165) is 32.4 Å². The van der Waals surface area contributed by atoms with Crippen LogP contribution in [0.3, 0.4) is 0 Å². The minimum absolute atomic E-state index is 0.343. The van der Waals surface area contributed by atoms with Crippen molar-refractivity contribution in [3.8, 4) is 17.1 Å². The Balaban J connectivity index is 1.35. The second-order valence-corrected chi connectivity index (χ2v) is 8.36. The van der Waals surface area contributed by atoms with Crippen LogP contribution in [0, 0.1) is 13.8 Å². The fourth-order valence-corrected chi connectivity index (χ4v) is 4.23. The van der Waals surface area contributed by atoms with Gasteiger partial charge in [0.25, 0.3) is 0 Å². The van der Waals surface area contributed by atoms with Gasteiger partial charge in [-0.05, 0) is 50.2 Å². The predicted molar refractivity (Wildman–Crippen MR) is 124 cm³/mol. The third-order valence-corrected chi connectivity index (χ3v) is 6.21. The summed E-state index contributed by atoms with van der Waals surface area (Å²) < 4.78 is 7.00. The number of anilines is 1. The molecule has 2 heterocycles. The van der Waals surface area contributed by atoms with Gasteiger partial charge in [0.15, 0.2) is 5.82 Å². The number of hydrogen-bond acceptors (Lipinski definition) is 6. The van der Waals surface area contributed by atoms with Crippen molar-refractivity contribution in [1.29, 1.82) is 0 Å². The van der Waals surface area contributed by atoms with Crippen LogP contribution in [0.15, 0.2) is 48.5 Å². The fraction of sp³-hybridized carbons (Fsp3) is 0.217. The maximum atomic E-state index is 12.1. The summed E-state index contributed by atoms with van der Waals surface area (Å²) in [5.74, 6) is 0.0827. The number of aryl methyl sites for hydroxylation is 2. The Bertz CT molecular complexity index is 1260. The zero-order valence-corrected chi connectivity index (χ0v) is 18.8. The minimum Gasteiger partial charge on any atom is -0.497 e. The van der Waals surface area contributed by atoms with E-state index in [1.165, 1.54) is 11.3 Å². The lowest BCUT2D eigenvalue weighted by atomic mass is 10.2. The molecule has 0 saturated heterocycles. The van der Waals surface area contributed by atoms with E-state index in [1.54, 1.807) is 19.2 Å². The second-order valence-electron chi connectivity index (χ2n) is 7.29. The highest BCUT2D eigenvalue weighted by Crippen LogP contribution is 2.26. The zero-order valence-electron chi connectivity index (χ0n) is 18.0. The number of amides is 2. The summed E-state index contributed by atoms with van der Waals surface area (Å²) in [5.41, 5.74) is 3.55. The maximum absolute atomic E-state index is 12.1. The van der Waals surface area contributed by atoms with Crippen molar-refractivity contribution in [1.82, 2.24) is 19.9 Å². The van der Waals surface area contributed by atoms with Crippen LogP contribution in [-0.4, -0.2) is 40.1 Å². The molecule has 0 atom stereocenters. The Morgan fingerprint density at radius 2 is 1.75 bits per heavy atom. The lowest BCUT2D eigenvalue weighted by molar-refractivity contribution is -0.136. The quantitative estimate of drug-likeness (QED) is 0.440. The number of benzene rings is 2. The average Bonchev–Trinajstić information content (AvgIpc) is 3.34. The number of thiazole rings is 1. The first-order valence-electron chi connectivity index (χ1n) is 10.1. The molecule has 2 aromatic carbocycles. The molecule has 32 heavy (non-hydrogen) atoms. The maximum Gasteiger partial charge on any atom is 0.313 e. The number of carbonyl (C=O) groups is 2. The molecule has 4 aromatic rings. The Morgan fingerprint density at radius 3 is 2.41 bits per heavy atom. The highest BCUT2D eigenvalue weighted by Gasteiger charge is 2.16. The molecule has 0 aliphatic heterocycles. The van der Waals surface area contributed by atoms with E-state index in [1.807, 2.05) is 54.8 Å². The fourth-order valence-electron chi connectivity index (χ4n) is 3.17. The summed E-state index contributed by atoms with van der Waals surface area (Å²) in [6.45, 7) is 4.27. The Hall–Kier alpha value is -3.72. The van der Waals surface area contributed by atoms with E-state index < -0.39 is 11.8 Å². The first kappa shape index (κ1) is 21.5. The standard InChI is InChI=1S/C23H23N5O3S/c1-14-4-8-17(9-5-14)25-22(30)21(29)24-13-12-19-15(2)28-23(32-19)26-20(27-28)16-6-10-18(31-3)11-7-16/h4-11H,12-13H2,1-3H3,(H,24,29)(H,25,30). The molecule has 4 rings (SSSR count). The van der Waals surface area contributed by atoms with E-state index in [9.17, 15) is 9.59 Å². The van der Waals surface area contributed by atoms with Crippen molar-refractivity contribution in [2.45, 2.75) is 20.3 Å². The first-order chi connectivity index (χ1) is 15.4. The minimum atomic E-state index is -0.683. The van der Waals surface area contributed by atoms with Crippen LogP contribution in [0.5, 0.6) is 5.75 Å². The van der Waals surface area contributed by atoms with Gasteiger partial charge in [0.1, 0.15) is 5.75 Å². The lowest BCUT2D eigenvalue weighted by Gasteiger charge is -2.06. The molecule has 164 valence electrons. The summed E-state index contributed by atoms with van der Waals surface area (Å²) in [6, 6.07) is 14.9. The summed E-state index contributed by atoms with van der Waals surface area (Å²) >= 11 is 1.52. The third-order valence-electron chi connectivity index (χ3n) is 5.01. The van der Waals surface area contributed by atoms with Gasteiger partial charge in [0.05, 0.1) is 12.8 Å². The largest absolute Gasteiger partial charge is 0.497 e. The van der Waals surface area contributed by atoms with Crippen molar-refractivity contribution in [2.24, 2.45) is 0 Å². The number of aromatic nitrogens is 3. The van der Waals surface area contributed by atoms with Gasteiger partial charge in [-0.25, -0.2) is 4.52 Å². The van der Waals surface area contributed by atoms with Gasteiger partial charge in [0.2, 0.25) is 4.96 Å². The molecule has 0 aliphatic rings. The first-order valence-corrected chi connectivity index (χ1v) is 10.9. The van der Waals surface area contributed by atoms with Crippen LogP contribution >= 0.6 is 11.3 Å². The van der Waals surface area contributed by atoms with E-state index in [-0.39, 0.29) is 0 Å². The Labute approximate surface area is 189 Å². The van der Waals surface area contributed by atoms with Gasteiger partial charge >= 0.3 is 11.8 Å². The molecule has 0 spiro atoms. The third kappa shape index (κ3) is 4.62. The number of ether oxygens (including phenoxy) is 1. The van der Waals surface area contributed by atoms with Gasteiger partial charge in [-0.1, -0.05) is 29.0 Å². The van der Waals surface area contributed by atoms with Gasteiger partial charge < -0.3 is 15.4 Å². The molecule has 8 nitrogen and oxygen atoms in total. The molecule has 9 heteroatoms. The summed E-state index contributed by atoms with van der Waals surface area (Å²) in [7, 11) is 1.63. The van der Waals surface area contributed by atoms with Crippen molar-refractivity contribution in [2.75, 3.05) is 19.0 Å². The predicted octanol–water partition coefficient (Wildman–Crippen LogP) is 3.38. The highest BCUT2D eigenvalue weighted by atomic mass is 32.1. The van der Waals surface area contributed by atoms with Gasteiger partial charge in [-0.15, -0.1) is 5.10 Å². The van der Waals surface area contributed by atoms with Gasteiger partial charge in [0, 0.05) is 29.1 Å². The molecule has 0 fully saturated rings. The van der Waals surface area contributed by atoms with E-state index in [4.69, 9.17) is 4.74 Å². The van der Waals surface area contributed by atoms with Crippen molar-refractivity contribution in [3.63, 3.8) is 0 Å². The normalized spacial score (nSPS) is 10.8. The number of rotatable bonds is 6. The van der Waals surface area contributed by atoms with Crippen LogP contribution in [0.2, 0.25) is 0 Å². The number of methoxy groups -OCH3 is 1. The number of carbonyl (C=O) groups excluding carboxylic acids is 2. The lowest BCUT2D eigenvalue weighted by Crippen LogP contribution is -2.36. The average molecular weight is 450 g/mol. The molecule has 0 aliphatic carbocycles. The Morgan fingerprint density at radius 1 is 1.03 bits per heavy atom. The van der Waals surface area contributed by atoms with Gasteiger partial charge in [-0.2, -0.15) is 4.98 Å². The van der Waals surface area contributed by atoms with E-state index in [2.05, 4.69) is 20.7 Å². The molecule has 2 N–H and O–H groups in total. The number of nitrogens with one attached hydrogen (secondary N) is 2. The van der Waals surface area contributed by atoms with Crippen LogP contribution in [0.1, 0.15) is 16.1 Å². The van der Waals surface area contributed by atoms with Crippen LogP contribution in [0.25, 0.3) is 16.3 Å². The van der Waals surface area contributed by atoms with Crippen LogP contribution in [0.4, 0.5) is 5.69 Å². The van der Waals surface area contributed by atoms with E-state index in [0.29, 0.717) is 24.5 Å². The smallest absolute Gasteiger partial charge is 0.313 e. The number of hydrogen-bond donors (Lipinski definition) is 2. The van der Waals surface area contributed by atoms with Crippen molar-refractivity contribution in [3.05, 3.63) is 64.7 Å². The molecule has 0 bridgehead atoms. The summed E-state index contributed by atoms with van der Waals surface area (Å²) in [4.78, 5) is 30.6. The van der Waals surface area contributed by atoms with E-state index >= 15 is 0 Å². The van der Waals surface area contributed by atoms with Crippen LogP contribution in [-0.2, 0) is 16.0 Å². The SMILES string of the molecule is COc1ccc(-c2nc3sc(CCNC(=O)C(=O)Nc4ccc(C)cc4)c(C)n3n2)cc1. The van der Waals surface area contributed by atoms with Crippen LogP contribution < -0.4 is 15.4 Å². The molecule has 2 aromatic heterocycles. The number of nitrogens with zero attached hydrogens (tertiary/aromatic N) is 3. The summed E-state index contributed by atoms with van der Waals surface area (Å²) in [6.07, 6.45) is 0.586. The monoisotopic (exact) mass is 449 g/mol. The molecular formula is C23H23N5O3S. The second kappa shape index (κ2) is 9.19. The van der Waals surface area contributed by atoms with Crippen molar-refractivity contribution >= 4 is 33.8 Å². The molecule has 0 radical (unpaired) electrons.